The van der Waals surface area contributed by atoms with Crippen molar-refractivity contribution in [1.82, 2.24) is 0 Å². The Morgan fingerprint density at radius 3 is 2.59 bits per heavy atom. The fraction of sp³-hybridized carbons (Fsp3) is 0.240. The Morgan fingerprint density at radius 1 is 1.03 bits per heavy atom. The van der Waals surface area contributed by atoms with E-state index in [1.807, 2.05) is 18.2 Å². The number of nitrogens with zero attached hydrogens (tertiary/aromatic N) is 1. The Bertz CT molecular complexity index is 1150. The van der Waals surface area contributed by atoms with Gasteiger partial charge in [0.2, 0.25) is 0 Å². The van der Waals surface area contributed by atoms with Crippen LogP contribution in [0.1, 0.15) is 41.3 Å². The molecule has 4 rings (SSSR count). The van der Waals surface area contributed by atoms with Gasteiger partial charge in [-0.2, -0.15) is 0 Å². The third kappa shape index (κ3) is 4.95. The zero-order valence-electron chi connectivity index (χ0n) is 17.7. The molecule has 2 N–H and O–H groups in total. The second-order valence-electron chi connectivity index (χ2n) is 7.78. The van der Waals surface area contributed by atoms with E-state index in [0.717, 1.165) is 37.3 Å². The van der Waals surface area contributed by atoms with Crippen molar-refractivity contribution in [2.75, 3.05) is 16.8 Å². The lowest BCUT2D eigenvalue weighted by Crippen LogP contribution is -2.14. The van der Waals surface area contributed by atoms with Crippen LogP contribution in [-0.2, 0) is 13.1 Å². The van der Waals surface area contributed by atoms with E-state index in [1.54, 1.807) is 24.3 Å². The van der Waals surface area contributed by atoms with Crippen LogP contribution in [0.5, 0.6) is 5.75 Å². The Labute approximate surface area is 197 Å². The van der Waals surface area contributed by atoms with Gasteiger partial charge in [0, 0.05) is 30.5 Å². The Morgan fingerprint density at radius 2 is 1.84 bits per heavy atom. The number of benzene rings is 3. The number of carbonyl (C=O) groups is 1. The van der Waals surface area contributed by atoms with Gasteiger partial charge in [-0.15, -0.1) is 0 Å². The number of aromatic carboxylic acids is 1. The van der Waals surface area contributed by atoms with E-state index in [0.29, 0.717) is 28.1 Å². The highest BCUT2D eigenvalue weighted by atomic mass is 35.5. The molecule has 32 heavy (non-hydrogen) atoms. The molecule has 1 heterocycles. The number of rotatable bonds is 8. The zero-order chi connectivity index (χ0) is 22.7. The molecule has 0 saturated heterocycles. The highest BCUT2D eigenvalue weighted by molar-refractivity contribution is 6.42. The van der Waals surface area contributed by atoms with E-state index < -0.39 is 5.97 Å². The molecule has 166 valence electrons. The summed E-state index contributed by atoms with van der Waals surface area (Å²) in [6, 6.07) is 16.7. The van der Waals surface area contributed by atoms with Gasteiger partial charge in [-0.3, -0.25) is 0 Å². The van der Waals surface area contributed by atoms with Gasteiger partial charge >= 0.3 is 5.97 Å². The number of ether oxygens (including phenoxy) is 1. The van der Waals surface area contributed by atoms with Crippen LogP contribution >= 0.6 is 23.2 Å². The lowest BCUT2D eigenvalue weighted by molar-refractivity contribution is 0.0698. The quantitative estimate of drug-likeness (QED) is 0.342. The van der Waals surface area contributed by atoms with Crippen LogP contribution in [0.3, 0.4) is 0 Å². The van der Waals surface area contributed by atoms with E-state index in [-0.39, 0.29) is 5.56 Å². The molecule has 0 atom stereocenters. The third-order valence-electron chi connectivity index (χ3n) is 5.46. The van der Waals surface area contributed by atoms with Crippen LogP contribution in [0.2, 0.25) is 10.0 Å². The fourth-order valence-corrected chi connectivity index (χ4v) is 4.02. The number of hydrogen-bond donors (Lipinski definition) is 2. The van der Waals surface area contributed by atoms with E-state index in [4.69, 9.17) is 27.9 Å². The van der Waals surface area contributed by atoms with Crippen LogP contribution in [0.4, 0.5) is 17.1 Å². The number of anilines is 3. The summed E-state index contributed by atoms with van der Waals surface area (Å²) in [4.78, 5) is 13.9. The van der Waals surface area contributed by atoms with Crippen LogP contribution in [-0.4, -0.2) is 17.7 Å². The van der Waals surface area contributed by atoms with Gasteiger partial charge in [0.1, 0.15) is 5.75 Å². The van der Waals surface area contributed by atoms with Gasteiger partial charge in [0.05, 0.1) is 27.9 Å². The van der Waals surface area contributed by atoms with Crippen LogP contribution < -0.4 is 15.0 Å². The summed E-state index contributed by atoms with van der Waals surface area (Å²) in [5.74, 6) is -0.336. The molecule has 0 aromatic heterocycles. The maximum Gasteiger partial charge on any atom is 0.337 e. The van der Waals surface area contributed by atoms with Gasteiger partial charge in [0.25, 0.3) is 0 Å². The first-order valence-electron chi connectivity index (χ1n) is 10.5. The fourth-order valence-electron chi connectivity index (χ4n) is 3.73. The van der Waals surface area contributed by atoms with Gasteiger partial charge in [-0.25, -0.2) is 4.79 Å². The Balaban J connectivity index is 1.54. The molecule has 0 aliphatic carbocycles. The average Bonchev–Trinajstić information content (AvgIpc) is 3.19. The van der Waals surface area contributed by atoms with Crippen molar-refractivity contribution in [3.8, 4) is 5.75 Å². The minimum Gasteiger partial charge on any atom is -0.494 e. The normalized spacial score (nSPS) is 12.5. The molecule has 5 nitrogen and oxygen atoms in total. The predicted octanol–water partition coefficient (Wildman–Crippen LogP) is 7.13. The first-order valence-corrected chi connectivity index (χ1v) is 11.3. The number of nitrogens with one attached hydrogen (secondary N) is 1. The van der Waals surface area contributed by atoms with E-state index >= 15 is 0 Å². The molecule has 0 spiro atoms. The Hall–Kier alpha value is -2.89. The highest BCUT2D eigenvalue weighted by Gasteiger charge is 2.21. The maximum atomic E-state index is 11.7. The minimum absolute atomic E-state index is 0.200. The molecule has 3 aromatic rings. The smallest absolute Gasteiger partial charge is 0.337 e. The first-order chi connectivity index (χ1) is 15.4. The summed E-state index contributed by atoms with van der Waals surface area (Å²) in [5.41, 5.74) is 4.93. The van der Waals surface area contributed by atoms with Crippen molar-refractivity contribution >= 4 is 46.2 Å². The van der Waals surface area contributed by atoms with Crippen molar-refractivity contribution in [3.63, 3.8) is 0 Å². The highest BCUT2D eigenvalue weighted by Crippen LogP contribution is 2.34. The number of carboxylic acid groups (broad SMARTS) is 1. The molecular formula is C25H24Cl2N2O3. The molecule has 1 aliphatic rings. The van der Waals surface area contributed by atoms with E-state index in [9.17, 15) is 9.90 Å². The molecule has 0 fully saturated rings. The topological polar surface area (TPSA) is 61.8 Å². The van der Waals surface area contributed by atoms with Gasteiger partial charge in [-0.1, -0.05) is 42.6 Å². The van der Waals surface area contributed by atoms with Crippen LogP contribution in [0, 0.1) is 0 Å². The SMILES string of the molecule is CCCCOc1ccc(C(=O)O)c(Nc2ccc3c(c2)CN(c2ccc(Cl)c(Cl)c2)C3)c1. The average molecular weight is 471 g/mol. The minimum atomic E-state index is -0.987. The summed E-state index contributed by atoms with van der Waals surface area (Å²) >= 11 is 12.2. The Kier molecular flexibility index (Phi) is 6.77. The van der Waals surface area contributed by atoms with E-state index in [1.165, 1.54) is 11.1 Å². The van der Waals surface area contributed by atoms with Gasteiger partial charge < -0.3 is 20.1 Å². The number of carboxylic acids is 1. The number of fused-ring (bicyclic) bond motifs is 1. The second-order valence-corrected chi connectivity index (χ2v) is 8.59. The lowest BCUT2D eigenvalue weighted by Gasteiger charge is -2.18. The second kappa shape index (κ2) is 9.72. The van der Waals surface area contributed by atoms with Crippen molar-refractivity contribution in [3.05, 3.63) is 81.3 Å². The lowest BCUT2D eigenvalue weighted by atomic mass is 10.1. The van der Waals surface area contributed by atoms with Crippen molar-refractivity contribution < 1.29 is 14.6 Å². The van der Waals surface area contributed by atoms with Crippen molar-refractivity contribution in [1.29, 1.82) is 0 Å². The third-order valence-corrected chi connectivity index (χ3v) is 6.20. The summed E-state index contributed by atoms with van der Waals surface area (Å²) in [5, 5.41) is 13.9. The monoisotopic (exact) mass is 470 g/mol. The predicted molar refractivity (Wildman–Crippen MR) is 130 cm³/mol. The molecule has 0 amide bonds. The number of halogens is 2. The van der Waals surface area contributed by atoms with Crippen molar-refractivity contribution in [2.45, 2.75) is 32.9 Å². The standard InChI is InChI=1S/C25H24Cl2N2O3/c1-2-3-10-32-20-7-8-21(25(30)31)24(13-20)28-18-5-4-16-14-29(15-17(16)11-18)19-6-9-22(26)23(27)12-19/h4-9,11-13,28H,2-3,10,14-15H2,1H3,(H,30,31). The first kappa shape index (κ1) is 22.3. The molecule has 1 aliphatic heterocycles. The summed E-state index contributed by atoms with van der Waals surface area (Å²) in [7, 11) is 0. The zero-order valence-corrected chi connectivity index (χ0v) is 19.2. The molecule has 0 saturated carbocycles. The maximum absolute atomic E-state index is 11.7. The van der Waals surface area contributed by atoms with Crippen LogP contribution in [0.25, 0.3) is 0 Å². The van der Waals surface area contributed by atoms with Crippen molar-refractivity contribution in [2.24, 2.45) is 0 Å². The molecule has 0 unspecified atom stereocenters. The van der Waals surface area contributed by atoms with Gasteiger partial charge in [-0.05, 0) is 60.0 Å². The molecular weight excluding hydrogens is 447 g/mol. The van der Waals surface area contributed by atoms with Gasteiger partial charge in [0.15, 0.2) is 0 Å². The largest absolute Gasteiger partial charge is 0.494 e. The molecule has 0 radical (unpaired) electrons. The van der Waals surface area contributed by atoms with E-state index in [2.05, 4.69) is 29.3 Å². The summed E-state index contributed by atoms with van der Waals surface area (Å²) in [6.45, 7) is 4.20. The molecule has 0 bridgehead atoms. The van der Waals surface area contributed by atoms with Crippen LogP contribution in [0.15, 0.2) is 54.6 Å². The summed E-state index contributed by atoms with van der Waals surface area (Å²) in [6.07, 6.45) is 1.98. The summed E-state index contributed by atoms with van der Waals surface area (Å²) < 4.78 is 5.75. The number of unbranched alkanes of at least 4 members (excludes halogenated alkanes) is 1. The number of hydrogen-bond acceptors (Lipinski definition) is 4. The molecule has 3 aromatic carbocycles. The molecule has 7 heteroatoms.